The highest BCUT2D eigenvalue weighted by atomic mass is 32.2. The van der Waals surface area contributed by atoms with Gasteiger partial charge in [-0.05, 0) is 44.4 Å². The largest absolute Gasteiger partial charge is 0.368 e. The van der Waals surface area contributed by atoms with Crippen LogP contribution >= 0.6 is 0 Å². The van der Waals surface area contributed by atoms with Crippen LogP contribution in [0.15, 0.2) is 18.2 Å². The van der Waals surface area contributed by atoms with E-state index in [0.717, 1.165) is 19.5 Å². The van der Waals surface area contributed by atoms with Crippen molar-refractivity contribution in [3.63, 3.8) is 0 Å². The van der Waals surface area contributed by atoms with E-state index in [2.05, 4.69) is 36.9 Å². The molecule has 0 aliphatic carbocycles. The van der Waals surface area contributed by atoms with E-state index in [1.54, 1.807) is 0 Å². The van der Waals surface area contributed by atoms with Crippen LogP contribution in [0, 0.1) is 13.8 Å². The van der Waals surface area contributed by atoms with Crippen LogP contribution in [0.25, 0.3) is 0 Å². The summed E-state index contributed by atoms with van der Waals surface area (Å²) in [6.07, 6.45) is 2.18. The average Bonchev–Trinajstić information content (AvgIpc) is 2.62. The lowest BCUT2D eigenvalue weighted by molar-refractivity contribution is -0.131. The molecular formula is C20H33N3O3S. The normalized spacial score (nSPS) is 16.7. The standard InChI is InChI=1S/C20H33N3O3S/c1-6-17(3)23(27(5,25)26)11-10-20(24)22-14-12-21(13-15-22)19-9-7-8-16(2)18(19)4/h7-9,17H,6,10-15H2,1-5H3. The lowest BCUT2D eigenvalue weighted by Gasteiger charge is -2.37. The fourth-order valence-electron chi connectivity index (χ4n) is 3.56. The Morgan fingerprint density at radius 2 is 1.81 bits per heavy atom. The van der Waals surface area contributed by atoms with Crippen LogP contribution in [0.5, 0.6) is 0 Å². The number of nitrogens with zero attached hydrogens (tertiary/aromatic N) is 3. The van der Waals surface area contributed by atoms with Crippen LogP contribution in [0.4, 0.5) is 5.69 Å². The van der Waals surface area contributed by atoms with Crippen molar-refractivity contribution < 1.29 is 13.2 Å². The third-order valence-electron chi connectivity index (χ3n) is 5.60. The lowest BCUT2D eigenvalue weighted by atomic mass is 10.1. The van der Waals surface area contributed by atoms with Crippen molar-refractivity contribution in [2.45, 2.75) is 46.6 Å². The highest BCUT2D eigenvalue weighted by Crippen LogP contribution is 2.24. The second-order valence-electron chi connectivity index (χ2n) is 7.47. The van der Waals surface area contributed by atoms with Gasteiger partial charge in [0.1, 0.15) is 0 Å². The SMILES string of the molecule is CCC(C)N(CCC(=O)N1CCN(c2cccc(C)c2C)CC1)S(C)(=O)=O. The van der Waals surface area contributed by atoms with Gasteiger partial charge in [-0.25, -0.2) is 8.42 Å². The number of carbonyl (C=O) groups is 1. The van der Waals surface area contributed by atoms with Gasteiger partial charge in [0, 0.05) is 50.9 Å². The van der Waals surface area contributed by atoms with Gasteiger partial charge in [0.2, 0.25) is 15.9 Å². The average molecular weight is 396 g/mol. The highest BCUT2D eigenvalue weighted by molar-refractivity contribution is 7.88. The van der Waals surface area contributed by atoms with Gasteiger partial charge in [0.25, 0.3) is 0 Å². The molecule has 0 N–H and O–H groups in total. The first-order valence-electron chi connectivity index (χ1n) is 9.71. The van der Waals surface area contributed by atoms with E-state index in [1.165, 1.54) is 27.4 Å². The molecule has 152 valence electrons. The Bertz CT molecular complexity index is 756. The number of hydrogen-bond donors (Lipinski definition) is 0. The molecule has 7 heteroatoms. The van der Waals surface area contributed by atoms with Crippen molar-refractivity contribution in [2.24, 2.45) is 0 Å². The number of carbonyl (C=O) groups excluding carboxylic acids is 1. The Hall–Kier alpha value is -1.60. The number of aryl methyl sites for hydroxylation is 1. The number of anilines is 1. The molecule has 0 bridgehead atoms. The molecule has 1 unspecified atom stereocenters. The highest BCUT2D eigenvalue weighted by Gasteiger charge is 2.26. The van der Waals surface area contributed by atoms with E-state index < -0.39 is 10.0 Å². The zero-order valence-electron chi connectivity index (χ0n) is 17.2. The molecule has 0 spiro atoms. The number of amides is 1. The maximum Gasteiger partial charge on any atom is 0.224 e. The number of benzene rings is 1. The third kappa shape index (κ3) is 5.45. The van der Waals surface area contributed by atoms with Crippen molar-refractivity contribution in [2.75, 3.05) is 43.9 Å². The van der Waals surface area contributed by atoms with Gasteiger partial charge in [-0.1, -0.05) is 19.1 Å². The molecule has 27 heavy (non-hydrogen) atoms. The number of sulfonamides is 1. The summed E-state index contributed by atoms with van der Waals surface area (Å²) < 4.78 is 25.4. The van der Waals surface area contributed by atoms with Crippen LogP contribution in [0.1, 0.15) is 37.8 Å². The maximum absolute atomic E-state index is 12.6. The molecule has 2 rings (SSSR count). The number of rotatable bonds is 7. The predicted molar refractivity (Wildman–Crippen MR) is 111 cm³/mol. The molecular weight excluding hydrogens is 362 g/mol. The first-order valence-corrected chi connectivity index (χ1v) is 11.6. The number of piperazine rings is 1. The summed E-state index contributed by atoms with van der Waals surface area (Å²) in [7, 11) is -3.30. The summed E-state index contributed by atoms with van der Waals surface area (Å²) in [5.41, 5.74) is 3.80. The van der Waals surface area contributed by atoms with Gasteiger partial charge in [-0.3, -0.25) is 4.79 Å². The third-order valence-corrected chi connectivity index (χ3v) is 7.00. The monoisotopic (exact) mass is 395 g/mol. The van der Waals surface area contributed by atoms with Gasteiger partial charge in [0.05, 0.1) is 6.26 Å². The van der Waals surface area contributed by atoms with E-state index in [-0.39, 0.29) is 24.9 Å². The van der Waals surface area contributed by atoms with Crippen LogP contribution in [0.3, 0.4) is 0 Å². The maximum atomic E-state index is 12.6. The molecule has 1 aliphatic rings. The second-order valence-corrected chi connectivity index (χ2v) is 9.40. The van der Waals surface area contributed by atoms with Crippen molar-refractivity contribution in [3.8, 4) is 0 Å². The zero-order chi connectivity index (χ0) is 20.2. The molecule has 0 saturated carbocycles. The van der Waals surface area contributed by atoms with E-state index in [4.69, 9.17) is 0 Å². The summed E-state index contributed by atoms with van der Waals surface area (Å²) >= 11 is 0. The Morgan fingerprint density at radius 1 is 1.19 bits per heavy atom. The summed E-state index contributed by atoms with van der Waals surface area (Å²) in [6.45, 7) is 11.3. The van der Waals surface area contributed by atoms with Gasteiger partial charge >= 0.3 is 0 Å². The Balaban J connectivity index is 1.92. The van der Waals surface area contributed by atoms with Gasteiger partial charge < -0.3 is 9.80 Å². The smallest absolute Gasteiger partial charge is 0.224 e. The second kappa shape index (κ2) is 9.06. The fourth-order valence-corrected chi connectivity index (χ4v) is 4.78. The summed E-state index contributed by atoms with van der Waals surface area (Å²) in [5, 5.41) is 0. The Morgan fingerprint density at radius 3 is 2.37 bits per heavy atom. The molecule has 6 nitrogen and oxygen atoms in total. The molecule has 1 fully saturated rings. The first-order chi connectivity index (χ1) is 12.6. The molecule has 1 saturated heterocycles. The van der Waals surface area contributed by atoms with Crippen LogP contribution in [0.2, 0.25) is 0 Å². The predicted octanol–water partition coefficient (Wildman–Crippen LogP) is 2.40. The topological polar surface area (TPSA) is 60.9 Å². The summed E-state index contributed by atoms with van der Waals surface area (Å²) in [4.78, 5) is 16.8. The summed E-state index contributed by atoms with van der Waals surface area (Å²) in [5.74, 6) is 0.0348. The molecule has 0 radical (unpaired) electrons. The van der Waals surface area contributed by atoms with Gasteiger partial charge in [-0.15, -0.1) is 0 Å². The van der Waals surface area contributed by atoms with E-state index >= 15 is 0 Å². The van der Waals surface area contributed by atoms with Crippen molar-refractivity contribution in [3.05, 3.63) is 29.3 Å². The van der Waals surface area contributed by atoms with Crippen molar-refractivity contribution in [1.29, 1.82) is 0 Å². The molecule has 0 aromatic heterocycles. The van der Waals surface area contributed by atoms with Gasteiger partial charge in [0.15, 0.2) is 0 Å². The molecule has 1 aromatic rings. The first kappa shape index (κ1) is 21.7. The van der Waals surface area contributed by atoms with Crippen molar-refractivity contribution in [1.82, 2.24) is 9.21 Å². The Labute approximate surface area is 164 Å². The lowest BCUT2D eigenvalue weighted by Crippen LogP contribution is -2.50. The fraction of sp³-hybridized carbons (Fsp3) is 0.650. The van der Waals surface area contributed by atoms with Crippen LogP contribution < -0.4 is 4.90 Å². The summed E-state index contributed by atoms with van der Waals surface area (Å²) in [6, 6.07) is 6.23. The minimum atomic E-state index is -3.30. The zero-order valence-corrected chi connectivity index (χ0v) is 18.1. The molecule has 1 amide bonds. The molecule has 1 aliphatic heterocycles. The molecule has 1 aromatic carbocycles. The van der Waals surface area contributed by atoms with E-state index in [9.17, 15) is 13.2 Å². The minimum absolute atomic E-state index is 0.0348. The molecule has 1 atom stereocenters. The van der Waals surface area contributed by atoms with Crippen molar-refractivity contribution >= 4 is 21.6 Å². The van der Waals surface area contributed by atoms with Gasteiger partial charge in [-0.2, -0.15) is 4.31 Å². The Kier molecular flexibility index (Phi) is 7.28. The number of hydrogen-bond acceptors (Lipinski definition) is 4. The van der Waals surface area contributed by atoms with E-state index in [1.807, 2.05) is 18.7 Å². The van der Waals surface area contributed by atoms with Crippen LogP contribution in [-0.2, 0) is 14.8 Å². The van der Waals surface area contributed by atoms with Crippen LogP contribution in [-0.4, -0.2) is 68.6 Å². The quantitative estimate of drug-likeness (QED) is 0.711. The molecule has 1 heterocycles. The van der Waals surface area contributed by atoms with E-state index in [0.29, 0.717) is 13.1 Å². The minimum Gasteiger partial charge on any atom is -0.368 e.